The first-order chi connectivity index (χ1) is 8.45. The SMILES string of the molecule is CCNC(=O)C(C)Nc1nc(C(N)=O)ccc1N. The molecule has 0 bridgehead atoms. The molecule has 1 heterocycles. The van der Waals surface area contributed by atoms with Crippen LogP contribution in [0.5, 0.6) is 0 Å². The molecule has 0 aromatic carbocycles. The second kappa shape index (κ2) is 5.85. The highest BCUT2D eigenvalue weighted by Gasteiger charge is 2.14. The number of primary amides is 1. The van der Waals surface area contributed by atoms with E-state index in [1.807, 2.05) is 6.92 Å². The van der Waals surface area contributed by atoms with Crippen LogP contribution < -0.4 is 22.1 Å². The van der Waals surface area contributed by atoms with E-state index < -0.39 is 11.9 Å². The maximum atomic E-state index is 11.5. The smallest absolute Gasteiger partial charge is 0.267 e. The molecule has 7 heteroatoms. The second-order valence-corrected chi connectivity index (χ2v) is 3.76. The lowest BCUT2D eigenvalue weighted by atomic mass is 10.2. The summed E-state index contributed by atoms with van der Waals surface area (Å²) in [6.07, 6.45) is 0. The zero-order valence-corrected chi connectivity index (χ0v) is 10.4. The summed E-state index contributed by atoms with van der Waals surface area (Å²) >= 11 is 0. The molecule has 0 radical (unpaired) electrons. The van der Waals surface area contributed by atoms with Gasteiger partial charge in [-0.25, -0.2) is 4.98 Å². The van der Waals surface area contributed by atoms with Gasteiger partial charge in [0, 0.05) is 6.54 Å². The molecule has 98 valence electrons. The first-order valence-corrected chi connectivity index (χ1v) is 5.56. The molecular formula is C11H17N5O2. The van der Waals surface area contributed by atoms with Crippen LogP contribution in [0.4, 0.5) is 11.5 Å². The number of nitrogens with one attached hydrogen (secondary N) is 2. The number of hydrogen-bond acceptors (Lipinski definition) is 5. The molecule has 2 amide bonds. The Hall–Kier alpha value is -2.31. The maximum absolute atomic E-state index is 11.5. The van der Waals surface area contributed by atoms with Gasteiger partial charge in [-0.3, -0.25) is 9.59 Å². The Morgan fingerprint density at radius 1 is 1.44 bits per heavy atom. The first kappa shape index (κ1) is 13.8. The van der Waals surface area contributed by atoms with E-state index in [9.17, 15) is 9.59 Å². The Morgan fingerprint density at radius 2 is 2.11 bits per heavy atom. The maximum Gasteiger partial charge on any atom is 0.267 e. The summed E-state index contributed by atoms with van der Waals surface area (Å²) in [5.41, 5.74) is 11.3. The van der Waals surface area contributed by atoms with Crippen molar-refractivity contribution in [1.29, 1.82) is 0 Å². The van der Waals surface area contributed by atoms with Crippen LogP contribution in [0.25, 0.3) is 0 Å². The molecule has 0 spiro atoms. The Morgan fingerprint density at radius 3 is 2.67 bits per heavy atom. The molecular weight excluding hydrogens is 234 g/mol. The number of likely N-dealkylation sites (N-methyl/N-ethyl adjacent to an activating group) is 1. The zero-order chi connectivity index (χ0) is 13.7. The van der Waals surface area contributed by atoms with Gasteiger partial charge in [-0.2, -0.15) is 0 Å². The number of nitrogens with two attached hydrogens (primary N) is 2. The van der Waals surface area contributed by atoms with Crippen molar-refractivity contribution in [3.63, 3.8) is 0 Å². The molecule has 1 aromatic heterocycles. The van der Waals surface area contributed by atoms with Crippen molar-refractivity contribution in [3.8, 4) is 0 Å². The lowest BCUT2D eigenvalue weighted by Gasteiger charge is -2.15. The molecule has 1 rings (SSSR count). The number of aromatic nitrogens is 1. The van der Waals surface area contributed by atoms with Gasteiger partial charge in [0.25, 0.3) is 5.91 Å². The summed E-state index contributed by atoms with van der Waals surface area (Å²) in [5, 5.41) is 5.49. The molecule has 0 fully saturated rings. The van der Waals surface area contributed by atoms with Gasteiger partial charge in [0.05, 0.1) is 5.69 Å². The van der Waals surface area contributed by atoms with Gasteiger partial charge in [-0.1, -0.05) is 0 Å². The van der Waals surface area contributed by atoms with Crippen molar-refractivity contribution >= 4 is 23.3 Å². The molecule has 0 aliphatic rings. The van der Waals surface area contributed by atoms with Crippen molar-refractivity contribution in [2.75, 3.05) is 17.6 Å². The van der Waals surface area contributed by atoms with Gasteiger partial charge in [0.2, 0.25) is 5.91 Å². The van der Waals surface area contributed by atoms with Gasteiger partial charge < -0.3 is 22.1 Å². The molecule has 1 aromatic rings. The molecule has 1 unspecified atom stereocenters. The Bertz CT molecular complexity index is 461. The monoisotopic (exact) mass is 251 g/mol. The van der Waals surface area contributed by atoms with Crippen LogP contribution in [0.15, 0.2) is 12.1 Å². The summed E-state index contributed by atoms with van der Waals surface area (Å²) in [4.78, 5) is 26.5. The highest BCUT2D eigenvalue weighted by Crippen LogP contribution is 2.16. The number of nitrogen functional groups attached to an aromatic ring is 1. The largest absolute Gasteiger partial charge is 0.396 e. The minimum atomic E-state index is -0.649. The van der Waals surface area contributed by atoms with Gasteiger partial charge in [-0.05, 0) is 26.0 Å². The average molecular weight is 251 g/mol. The fourth-order valence-corrected chi connectivity index (χ4v) is 1.32. The number of carbonyl (C=O) groups excluding carboxylic acids is 2. The zero-order valence-electron chi connectivity index (χ0n) is 10.4. The number of carbonyl (C=O) groups is 2. The van der Waals surface area contributed by atoms with Crippen LogP contribution in [0, 0.1) is 0 Å². The number of anilines is 2. The normalized spacial score (nSPS) is 11.7. The Labute approximate surface area is 105 Å². The third-order valence-corrected chi connectivity index (χ3v) is 2.28. The average Bonchev–Trinajstić information content (AvgIpc) is 2.31. The molecule has 1 atom stereocenters. The topological polar surface area (TPSA) is 123 Å². The summed E-state index contributed by atoms with van der Waals surface area (Å²) in [6, 6.07) is 2.43. The highest BCUT2D eigenvalue weighted by atomic mass is 16.2. The van der Waals surface area contributed by atoms with Gasteiger partial charge in [-0.15, -0.1) is 0 Å². The van der Waals surface area contributed by atoms with Crippen LogP contribution >= 0.6 is 0 Å². The number of amides is 2. The van der Waals surface area contributed by atoms with Crippen LogP contribution in [-0.2, 0) is 4.79 Å². The third-order valence-electron chi connectivity index (χ3n) is 2.28. The van der Waals surface area contributed by atoms with Crippen molar-refractivity contribution in [3.05, 3.63) is 17.8 Å². The van der Waals surface area contributed by atoms with E-state index in [4.69, 9.17) is 11.5 Å². The van der Waals surface area contributed by atoms with E-state index in [0.29, 0.717) is 12.2 Å². The molecule has 0 saturated carbocycles. The van der Waals surface area contributed by atoms with E-state index in [-0.39, 0.29) is 17.4 Å². The summed E-state index contributed by atoms with van der Waals surface area (Å²) < 4.78 is 0. The van der Waals surface area contributed by atoms with Gasteiger partial charge in [0.15, 0.2) is 5.82 Å². The van der Waals surface area contributed by atoms with Gasteiger partial charge >= 0.3 is 0 Å². The quantitative estimate of drug-likeness (QED) is 0.572. The van der Waals surface area contributed by atoms with Crippen LogP contribution in [0.1, 0.15) is 24.3 Å². The molecule has 6 N–H and O–H groups in total. The molecule has 7 nitrogen and oxygen atoms in total. The Balaban J connectivity index is 2.86. The molecule has 18 heavy (non-hydrogen) atoms. The number of rotatable bonds is 5. The Kier molecular flexibility index (Phi) is 4.47. The van der Waals surface area contributed by atoms with Crippen LogP contribution in [0.3, 0.4) is 0 Å². The molecule has 0 aliphatic heterocycles. The summed E-state index contributed by atoms with van der Waals surface area (Å²) in [6.45, 7) is 4.03. The number of nitrogens with zero attached hydrogens (tertiary/aromatic N) is 1. The van der Waals surface area contributed by atoms with Crippen molar-refractivity contribution in [2.24, 2.45) is 5.73 Å². The molecule has 0 aliphatic carbocycles. The predicted octanol–water partition coefficient (Wildman–Crippen LogP) is -0.301. The fourth-order valence-electron chi connectivity index (χ4n) is 1.32. The lowest BCUT2D eigenvalue weighted by Crippen LogP contribution is -2.37. The lowest BCUT2D eigenvalue weighted by molar-refractivity contribution is -0.121. The van der Waals surface area contributed by atoms with E-state index in [0.717, 1.165) is 0 Å². The predicted molar refractivity (Wildman–Crippen MR) is 68.9 cm³/mol. The van der Waals surface area contributed by atoms with E-state index in [1.165, 1.54) is 12.1 Å². The minimum Gasteiger partial charge on any atom is -0.396 e. The van der Waals surface area contributed by atoms with E-state index in [1.54, 1.807) is 6.92 Å². The summed E-state index contributed by atoms with van der Waals surface area (Å²) in [5.74, 6) is -0.558. The third kappa shape index (κ3) is 3.34. The molecule has 0 saturated heterocycles. The van der Waals surface area contributed by atoms with Crippen molar-refractivity contribution < 1.29 is 9.59 Å². The summed E-state index contributed by atoms with van der Waals surface area (Å²) in [7, 11) is 0. The standard InChI is InChI=1S/C11H17N5O2/c1-3-14-11(18)6(2)15-10-7(12)4-5-8(16-10)9(13)17/h4-6H,3,12H2,1-2H3,(H2,13,17)(H,14,18)(H,15,16). The minimum absolute atomic E-state index is 0.0924. The van der Waals surface area contributed by atoms with Gasteiger partial charge in [0.1, 0.15) is 11.7 Å². The van der Waals surface area contributed by atoms with Crippen LogP contribution in [0.2, 0.25) is 0 Å². The number of hydrogen-bond donors (Lipinski definition) is 4. The highest BCUT2D eigenvalue weighted by molar-refractivity contribution is 5.92. The van der Waals surface area contributed by atoms with E-state index >= 15 is 0 Å². The second-order valence-electron chi connectivity index (χ2n) is 3.76. The van der Waals surface area contributed by atoms with Crippen LogP contribution in [-0.4, -0.2) is 29.4 Å². The van der Waals surface area contributed by atoms with Crippen molar-refractivity contribution in [1.82, 2.24) is 10.3 Å². The fraction of sp³-hybridized carbons (Fsp3) is 0.364. The van der Waals surface area contributed by atoms with Crippen molar-refractivity contribution in [2.45, 2.75) is 19.9 Å². The number of pyridine rings is 1. The first-order valence-electron chi connectivity index (χ1n) is 5.56. The van der Waals surface area contributed by atoms with E-state index in [2.05, 4.69) is 15.6 Å².